The van der Waals surface area contributed by atoms with Gasteiger partial charge in [-0.3, -0.25) is 0 Å². The van der Waals surface area contributed by atoms with Crippen molar-refractivity contribution in [3.63, 3.8) is 0 Å². The second kappa shape index (κ2) is 6.33. The predicted octanol–water partition coefficient (Wildman–Crippen LogP) is 1.79. The van der Waals surface area contributed by atoms with E-state index in [4.69, 9.17) is 9.84 Å². The Hall–Kier alpha value is -1.88. The smallest absolute Gasteiger partial charge is 0.328 e. The molecule has 0 radical (unpaired) electrons. The number of pyridine rings is 1. The molecule has 2 rings (SSSR count). The molecule has 1 saturated heterocycles. The Morgan fingerprint density at radius 1 is 1.58 bits per heavy atom. The van der Waals surface area contributed by atoms with Gasteiger partial charge in [0.25, 0.3) is 0 Å². The van der Waals surface area contributed by atoms with Crippen LogP contribution in [-0.2, 0) is 9.53 Å². The SMILES string of the molecule is CC1CN(c2ccc(/C=C/C(=O)O)cn2)CCCO1. The van der Waals surface area contributed by atoms with Gasteiger partial charge in [-0.2, -0.15) is 0 Å². The lowest BCUT2D eigenvalue weighted by atomic mass is 10.2. The summed E-state index contributed by atoms with van der Waals surface area (Å²) in [6.07, 6.45) is 5.53. The lowest BCUT2D eigenvalue weighted by Crippen LogP contribution is -2.30. The molecule has 5 nitrogen and oxygen atoms in total. The van der Waals surface area contributed by atoms with Crippen molar-refractivity contribution < 1.29 is 14.6 Å². The first kappa shape index (κ1) is 13.5. The van der Waals surface area contributed by atoms with Crippen LogP contribution in [0.5, 0.6) is 0 Å². The maximum atomic E-state index is 10.4. The molecule has 0 aromatic carbocycles. The Labute approximate surface area is 112 Å². The van der Waals surface area contributed by atoms with Gasteiger partial charge in [0, 0.05) is 32.0 Å². The fourth-order valence-electron chi connectivity index (χ4n) is 2.05. The molecule has 1 aromatic heterocycles. The van der Waals surface area contributed by atoms with Crippen molar-refractivity contribution in [2.75, 3.05) is 24.6 Å². The molecule has 0 spiro atoms. The highest BCUT2D eigenvalue weighted by Gasteiger charge is 2.15. The summed E-state index contributed by atoms with van der Waals surface area (Å²) in [6, 6.07) is 3.79. The van der Waals surface area contributed by atoms with Crippen LogP contribution in [0.25, 0.3) is 6.08 Å². The van der Waals surface area contributed by atoms with E-state index < -0.39 is 5.97 Å². The van der Waals surface area contributed by atoms with Crippen LogP contribution in [0.4, 0.5) is 5.82 Å². The van der Waals surface area contributed by atoms with Crippen LogP contribution >= 0.6 is 0 Å². The molecular formula is C14H18N2O3. The zero-order valence-electron chi connectivity index (χ0n) is 11.0. The zero-order valence-corrected chi connectivity index (χ0v) is 11.0. The Morgan fingerprint density at radius 3 is 3.11 bits per heavy atom. The number of hydrogen-bond acceptors (Lipinski definition) is 4. The van der Waals surface area contributed by atoms with E-state index in [2.05, 4.69) is 16.8 Å². The highest BCUT2D eigenvalue weighted by atomic mass is 16.5. The molecule has 1 unspecified atom stereocenters. The molecule has 1 fully saturated rings. The summed E-state index contributed by atoms with van der Waals surface area (Å²) in [5.41, 5.74) is 0.783. The van der Waals surface area contributed by atoms with E-state index in [1.807, 2.05) is 12.1 Å². The number of carbonyl (C=O) groups is 1. The van der Waals surface area contributed by atoms with E-state index in [1.165, 1.54) is 6.08 Å². The van der Waals surface area contributed by atoms with Crippen molar-refractivity contribution in [1.29, 1.82) is 0 Å². The van der Waals surface area contributed by atoms with Crippen LogP contribution in [0.2, 0.25) is 0 Å². The molecule has 0 aliphatic carbocycles. The Bertz CT molecular complexity index is 456. The molecule has 102 valence electrons. The van der Waals surface area contributed by atoms with Crippen molar-refractivity contribution in [3.05, 3.63) is 30.0 Å². The molecule has 0 amide bonds. The molecule has 1 N–H and O–H groups in total. The summed E-state index contributed by atoms with van der Waals surface area (Å²) >= 11 is 0. The molecule has 2 heterocycles. The molecule has 0 saturated carbocycles. The maximum absolute atomic E-state index is 10.4. The van der Waals surface area contributed by atoms with E-state index in [9.17, 15) is 4.79 Å². The van der Waals surface area contributed by atoms with Crippen molar-refractivity contribution in [3.8, 4) is 0 Å². The van der Waals surface area contributed by atoms with Gasteiger partial charge in [-0.15, -0.1) is 0 Å². The fraction of sp³-hybridized carbons (Fsp3) is 0.429. The van der Waals surface area contributed by atoms with Gasteiger partial charge in [0.05, 0.1) is 6.10 Å². The van der Waals surface area contributed by atoms with Gasteiger partial charge in [-0.05, 0) is 37.1 Å². The Kier molecular flexibility index (Phi) is 4.52. The minimum absolute atomic E-state index is 0.205. The monoisotopic (exact) mass is 262 g/mol. The first-order valence-electron chi connectivity index (χ1n) is 6.39. The third-order valence-corrected chi connectivity index (χ3v) is 2.97. The van der Waals surface area contributed by atoms with Crippen LogP contribution in [0.3, 0.4) is 0 Å². The number of rotatable bonds is 3. The summed E-state index contributed by atoms with van der Waals surface area (Å²) in [4.78, 5) is 17.0. The standard InChI is InChI=1S/C14H18N2O3/c1-11-10-16(7-2-8-19-11)13-5-3-12(9-15-13)4-6-14(17)18/h3-6,9,11H,2,7-8,10H2,1H3,(H,17,18)/b6-4+. The predicted molar refractivity (Wildman–Crippen MR) is 73.2 cm³/mol. The summed E-state index contributed by atoms with van der Waals surface area (Å²) in [7, 11) is 0. The first-order valence-corrected chi connectivity index (χ1v) is 6.39. The number of aromatic nitrogens is 1. The van der Waals surface area contributed by atoms with Crippen LogP contribution < -0.4 is 4.90 Å². The van der Waals surface area contributed by atoms with Crippen LogP contribution in [-0.4, -0.2) is 41.9 Å². The minimum Gasteiger partial charge on any atom is -0.478 e. The number of carboxylic acid groups (broad SMARTS) is 1. The van der Waals surface area contributed by atoms with Crippen molar-refractivity contribution in [2.24, 2.45) is 0 Å². The second-order valence-corrected chi connectivity index (χ2v) is 4.60. The van der Waals surface area contributed by atoms with E-state index in [1.54, 1.807) is 6.20 Å². The van der Waals surface area contributed by atoms with Crippen LogP contribution in [0.15, 0.2) is 24.4 Å². The minimum atomic E-state index is -0.956. The molecule has 1 aromatic rings. The number of ether oxygens (including phenoxy) is 1. The van der Waals surface area contributed by atoms with Gasteiger partial charge in [0.1, 0.15) is 5.82 Å². The van der Waals surface area contributed by atoms with Gasteiger partial charge in [-0.1, -0.05) is 0 Å². The maximum Gasteiger partial charge on any atom is 0.328 e. The van der Waals surface area contributed by atoms with E-state index in [0.717, 1.165) is 43.6 Å². The number of aliphatic carboxylic acids is 1. The van der Waals surface area contributed by atoms with Crippen molar-refractivity contribution in [2.45, 2.75) is 19.4 Å². The highest BCUT2D eigenvalue weighted by Crippen LogP contribution is 2.16. The first-order chi connectivity index (χ1) is 9.15. The second-order valence-electron chi connectivity index (χ2n) is 4.60. The lowest BCUT2D eigenvalue weighted by molar-refractivity contribution is -0.131. The van der Waals surface area contributed by atoms with Gasteiger partial charge >= 0.3 is 5.97 Å². The summed E-state index contributed by atoms with van der Waals surface area (Å²) in [6.45, 7) is 4.61. The highest BCUT2D eigenvalue weighted by molar-refractivity contribution is 5.85. The largest absolute Gasteiger partial charge is 0.478 e. The molecular weight excluding hydrogens is 244 g/mol. The normalized spacial score (nSPS) is 20.5. The fourth-order valence-corrected chi connectivity index (χ4v) is 2.05. The van der Waals surface area contributed by atoms with E-state index in [0.29, 0.717) is 0 Å². The topological polar surface area (TPSA) is 62.7 Å². The number of carboxylic acids is 1. The quantitative estimate of drug-likeness (QED) is 0.841. The van der Waals surface area contributed by atoms with E-state index >= 15 is 0 Å². The number of hydrogen-bond donors (Lipinski definition) is 1. The van der Waals surface area contributed by atoms with Gasteiger partial charge < -0.3 is 14.7 Å². The summed E-state index contributed by atoms with van der Waals surface area (Å²) in [5, 5.41) is 8.56. The molecule has 19 heavy (non-hydrogen) atoms. The van der Waals surface area contributed by atoms with E-state index in [-0.39, 0.29) is 6.10 Å². The average Bonchev–Trinajstić information content (AvgIpc) is 2.62. The Morgan fingerprint density at radius 2 is 2.42 bits per heavy atom. The number of nitrogens with zero attached hydrogens (tertiary/aromatic N) is 2. The molecule has 5 heteroatoms. The van der Waals surface area contributed by atoms with Crippen LogP contribution in [0.1, 0.15) is 18.9 Å². The molecule has 1 aliphatic rings. The summed E-state index contributed by atoms with van der Waals surface area (Å²) in [5.74, 6) is -0.0487. The Balaban J connectivity index is 2.06. The van der Waals surface area contributed by atoms with Crippen LogP contribution in [0, 0.1) is 0 Å². The van der Waals surface area contributed by atoms with Crippen molar-refractivity contribution in [1.82, 2.24) is 4.98 Å². The number of anilines is 1. The average molecular weight is 262 g/mol. The molecule has 0 bridgehead atoms. The van der Waals surface area contributed by atoms with Gasteiger partial charge in [0.2, 0.25) is 0 Å². The van der Waals surface area contributed by atoms with Gasteiger partial charge in [0.15, 0.2) is 0 Å². The molecule has 1 aliphatic heterocycles. The van der Waals surface area contributed by atoms with Gasteiger partial charge in [-0.25, -0.2) is 9.78 Å². The zero-order chi connectivity index (χ0) is 13.7. The third-order valence-electron chi connectivity index (χ3n) is 2.97. The summed E-state index contributed by atoms with van der Waals surface area (Å²) < 4.78 is 5.60. The third kappa shape index (κ3) is 4.06. The lowest BCUT2D eigenvalue weighted by Gasteiger charge is -2.23. The van der Waals surface area contributed by atoms with Crippen molar-refractivity contribution >= 4 is 17.9 Å². The molecule has 1 atom stereocenters.